The summed E-state index contributed by atoms with van der Waals surface area (Å²) >= 11 is 0. The molecule has 0 atom stereocenters. The van der Waals surface area contributed by atoms with Gasteiger partial charge in [-0.15, -0.1) is 0 Å². The Morgan fingerprint density at radius 1 is 1.00 bits per heavy atom. The second-order valence-corrected chi connectivity index (χ2v) is 9.23. The number of rotatable bonds is 5. The summed E-state index contributed by atoms with van der Waals surface area (Å²) in [6, 6.07) is 14.2. The summed E-state index contributed by atoms with van der Waals surface area (Å²) in [4.78, 5) is 27.8. The Morgan fingerprint density at radius 3 is 2.50 bits per heavy atom. The maximum absolute atomic E-state index is 13.1. The van der Waals surface area contributed by atoms with Gasteiger partial charge in [0.2, 0.25) is 0 Å². The zero-order chi connectivity index (χ0) is 22.5. The number of fused-ring (bicyclic) bond motifs is 1. The Labute approximate surface area is 190 Å². The van der Waals surface area contributed by atoms with E-state index in [2.05, 4.69) is 45.1 Å². The molecule has 6 nitrogen and oxygen atoms in total. The quantitative estimate of drug-likeness (QED) is 0.630. The number of urea groups is 1. The van der Waals surface area contributed by atoms with Crippen LogP contribution in [-0.4, -0.2) is 30.6 Å². The fraction of sp³-hybridized carbons (Fsp3) is 0.462. The minimum Gasteiger partial charge on any atom is -0.366 e. The first-order valence-electron chi connectivity index (χ1n) is 11.8. The zero-order valence-electron chi connectivity index (χ0n) is 19.1. The van der Waals surface area contributed by atoms with Crippen molar-refractivity contribution >= 4 is 23.3 Å². The number of amides is 3. The Hall–Kier alpha value is -3.02. The predicted molar refractivity (Wildman–Crippen MR) is 129 cm³/mol. The van der Waals surface area contributed by atoms with Crippen molar-refractivity contribution in [2.75, 3.05) is 16.8 Å². The number of hydrogen-bond donors (Lipinski definition) is 3. The van der Waals surface area contributed by atoms with Gasteiger partial charge in [-0.1, -0.05) is 43.5 Å². The monoisotopic (exact) mass is 434 g/mol. The lowest BCUT2D eigenvalue weighted by Crippen LogP contribution is -2.39. The van der Waals surface area contributed by atoms with Gasteiger partial charge in [0.05, 0.1) is 5.56 Å². The van der Waals surface area contributed by atoms with Gasteiger partial charge in [-0.05, 0) is 62.4 Å². The second-order valence-electron chi connectivity index (χ2n) is 9.23. The topological polar surface area (TPSA) is 73.5 Å². The van der Waals surface area contributed by atoms with Gasteiger partial charge >= 0.3 is 6.03 Å². The van der Waals surface area contributed by atoms with E-state index in [-0.39, 0.29) is 24.0 Å². The first-order valence-corrected chi connectivity index (χ1v) is 11.8. The molecule has 0 aromatic heterocycles. The SMILES string of the molecule is CC(C)NC(=O)c1cc(NC(=O)NC2CCCCC2)ccc1N1CCc2ccccc2C1. The lowest BCUT2D eigenvalue weighted by atomic mass is 9.96. The summed E-state index contributed by atoms with van der Waals surface area (Å²) < 4.78 is 0. The molecular weight excluding hydrogens is 400 g/mol. The molecule has 0 unspecified atom stereocenters. The van der Waals surface area contributed by atoms with Crippen molar-refractivity contribution < 1.29 is 9.59 Å². The Balaban J connectivity index is 1.54. The molecule has 3 N–H and O–H groups in total. The Bertz CT molecular complexity index is 966. The van der Waals surface area contributed by atoms with E-state index in [1.807, 2.05) is 26.0 Å². The molecule has 2 aliphatic rings. The van der Waals surface area contributed by atoms with Gasteiger partial charge in [0.25, 0.3) is 5.91 Å². The Morgan fingerprint density at radius 2 is 1.75 bits per heavy atom. The maximum Gasteiger partial charge on any atom is 0.319 e. The maximum atomic E-state index is 13.1. The highest BCUT2D eigenvalue weighted by molar-refractivity contribution is 6.02. The van der Waals surface area contributed by atoms with Crippen LogP contribution in [0.4, 0.5) is 16.2 Å². The highest BCUT2D eigenvalue weighted by Crippen LogP contribution is 2.30. The van der Waals surface area contributed by atoms with Crippen LogP contribution >= 0.6 is 0 Å². The first kappa shape index (κ1) is 22.2. The van der Waals surface area contributed by atoms with E-state index >= 15 is 0 Å². The minimum absolute atomic E-state index is 0.0312. The van der Waals surface area contributed by atoms with Crippen molar-refractivity contribution in [3.8, 4) is 0 Å². The molecule has 4 rings (SSSR count). The van der Waals surface area contributed by atoms with Crippen LogP contribution in [0.1, 0.15) is 67.4 Å². The van der Waals surface area contributed by atoms with E-state index in [4.69, 9.17) is 0 Å². The van der Waals surface area contributed by atoms with Gasteiger partial charge in [-0.3, -0.25) is 4.79 Å². The van der Waals surface area contributed by atoms with Crippen molar-refractivity contribution in [2.24, 2.45) is 0 Å². The number of hydrogen-bond acceptors (Lipinski definition) is 3. The third-order valence-electron chi connectivity index (χ3n) is 6.33. The van der Waals surface area contributed by atoms with Crippen LogP contribution in [0.2, 0.25) is 0 Å². The van der Waals surface area contributed by atoms with Crippen LogP contribution in [0, 0.1) is 0 Å². The molecule has 1 saturated carbocycles. The third-order valence-corrected chi connectivity index (χ3v) is 6.33. The van der Waals surface area contributed by atoms with Crippen LogP contribution in [0.15, 0.2) is 42.5 Å². The van der Waals surface area contributed by atoms with Gasteiger partial charge in [0, 0.05) is 36.5 Å². The standard InChI is InChI=1S/C26H34N4O2/c1-18(2)27-25(31)23-16-22(29-26(32)28-21-10-4-3-5-11-21)12-13-24(23)30-15-14-19-8-6-7-9-20(19)17-30/h6-9,12-13,16,18,21H,3-5,10-11,14-15,17H2,1-2H3,(H,27,31)(H2,28,29,32). The van der Waals surface area contributed by atoms with Crippen LogP contribution in [0.25, 0.3) is 0 Å². The van der Waals surface area contributed by atoms with Crippen molar-refractivity contribution in [2.45, 2.75) is 71.0 Å². The number of carbonyl (C=O) groups excluding carboxylic acids is 2. The largest absolute Gasteiger partial charge is 0.366 e. The van der Waals surface area contributed by atoms with Gasteiger partial charge in [0.15, 0.2) is 0 Å². The molecule has 0 saturated heterocycles. The summed E-state index contributed by atoms with van der Waals surface area (Å²) in [6.45, 7) is 5.53. The smallest absolute Gasteiger partial charge is 0.319 e. The van der Waals surface area contributed by atoms with Crippen molar-refractivity contribution in [1.82, 2.24) is 10.6 Å². The summed E-state index contributed by atoms with van der Waals surface area (Å²) in [6.07, 6.45) is 6.59. The average molecular weight is 435 g/mol. The molecule has 32 heavy (non-hydrogen) atoms. The second kappa shape index (κ2) is 10.1. The van der Waals surface area contributed by atoms with Gasteiger partial charge in [0.1, 0.15) is 0 Å². The van der Waals surface area contributed by atoms with E-state index in [9.17, 15) is 9.59 Å². The van der Waals surface area contributed by atoms with Crippen molar-refractivity contribution in [3.05, 3.63) is 59.2 Å². The molecule has 2 aromatic carbocycles. The number of nitrogens with one attached hydrogen (secondary N) is 3. The van der Waals surface area contributed by atoms with E-state index < -0.39 is 0 Å². The summed E-state index contributed by atoms with van der Waals surface area (Å²) in [5.74, 6) is -0.120. The summed E-state index contributed by atoms with van der Waals surface area (Å²) in [7, 11) is 0. The third kappa shape index (κ3) is 5.42. The molecule has 2 aromatic rings. The first-order chi connectivity index (χ1) is 15.5. The summed E-state index contributed by atoms with van der Waals surface area (Å²) in [5, 5.41) is 9.02. The van der Waals surface area contributed by atoms with E-state index in [0.29, 0.717) is 11.3 Å². The fourth-order valence-electron chi connectivity index (χ4n) is 4.71. The van der Waals surface area contributed by atoms with Crippen molar-refractivity contribution in [1.29, 1.82) is 0 Å². The molecule has 0 spiro atoms. The highest BCUT2D eigenvalue weighted by atomic mass is 16.2. The predicted octanol–water partition coefficient (Wildman–Crippen LogP) is 4.84. The normalized spacial score (nSPS) is 16.4. The van der Waals surface area contributed by atoms with E-state index in [1.165, 1.54) is 17.5 Å². The zero-order valence-corrected chi connectivity index (χ0v) is 19.1. The Kier molecular flexibility index (Phi) is 6.98. The number of benzene rings is 2. The van der Waals surface area contributed by atoms with Gasteiger partial charge < -0.3 is 20.9 Å². The number of anilines is 2. The average Bonchev–Trinajstić information content (AvgIpc) is 2.79. The van der Waals surface area contributed by atoms with Crippen LogP contribution in [-0.2, 0) is 13.0 Å². The molecule has 170 valence electrons. The molecule has 1 aliphatic heterocycles. The summed E-state index contributed by atoms with van der Waals surface area (Å²) in [5.41, 5.74) is 4.79. The number of carbonyl (C=O) groups is 2. The molecule has 1 heterocycles. The fourth-order valence-corrected chi connectivity index (χ4v) is 4.71. The molecule has 0 bridgehead atoms. The van der Waals surface area contributed by atoms with Crippen molar-refractivity contribution in [3.63, 3.8) is 0 Å². The van der Waals surface area contributed by atoms with Crippen LogP contribution < -0.4 is 20.9 Å². The molecular formula is C26H34N4O2. The van der Waals surface area contributed by atoms with E-state index in [0.717, 1.165) is 50.9 Å². The molecule has 3 amide bonds. The molecule has 1 fully saturated rings. The number of nitrogens with zero attached hydrogens (tertiary/aromatic N) is 1. The minimum atomic E-state index is -0.202. The van der Waals surface area contributed by atoms with Gasteiger partial charge in [-0.25, -0.2) is 4.79 Å². The van der Waals surface area contributed by atoms with E-state index in [1.54, 1.807) is 6.07 Å². The molecule has 6 heteroatoms. The lowest BCUT2D eigenvalue weighted by Gasteiger charge is -2.32. The van der Waals surface area contributed by atoms with Gasteiger partial charge in [-0.2, -0.15) is 0 Å². The highest BCUT2D eigenvalue weighted by Gasteiger charge is 2.23. The molecule has 1 aliphatic carbocycles. The van der Waals surface area contributed by atoms with Crippen LogP contribution in [0.5, 0.6) is 0 Å². The molecule has 0 radical (unpaired) electrons. The van der Waals surface area contributed by atoms with Crippen LogP contribution in [0.3, 0.4) is 0 Å². The lowest BCUT2D eigenvalue weighted by molar-refractivity contribution is 0.0943.